The van der Waals surface area contributed by atoms with E-state index in [1.807, 2.05) is 24.3 Å². The van der Waals surface area contributed by atoms with E-state index < -0.39 is 11.2 Å². The zero-order valence-electron chi connectivity index (χ0n) is 13.9. The molecule has 0 bridgehead atoms. The van der Waals surface area contributed by atoms with Crippen LogP contribution in [0, 0.1) is 10.1 Å². The second-order valence-electron chi connectivity index (χ2n) is 5.60. The van der Waals surface area contributed by atoms with Crippen LogP contribution in [0.1, 0.15) is 32.3 Å². The lowest BCUT2D eigenvalue weighted by Crippen LogP contribution is -2.11. The number of rotatable bonds is 4. The molecule has 0 heterocycles. The van der Waals surface area contributed by atoms with Gasteiger partial charge in [-0.25, -0.2) is 0 Å². The van der Waals surface area contributed by atoms with Gasteiger partial charge in [0, 0.05) is 16.6 Å². The first-order chi connectivity index (χ1) is 11.2. The van der Waals surface area contributed by atoms with Crippen LogP contribution >= 0.6 is 12.6 Å². The molecular weight excluding hydrogens is 326 g/mol. The number of benzene rings is 2. The lowest BCUT2D eigenvalue weighted by atomic mass is 10.0. The predicted octanol–water partition coefficient (Wildman–Crippen LogP) is 4.03. The number of aliphatic hydroxyl groups excluding tert-OH is 1. The third-order valence-corrected chi connectivity index (χ3v) is 3.29. The fourth-order valence-corrected chi connectivity index (χ4v) is 2.10. The van der Waals surface area contributed by atoms with Crippen molar-refractivity contribution in [3.05, 3.63) is 58.1 Å². The molecule has 130 valence electrons. The second-order valence-corrected chi connectivity index (χ2v) is 6.12. The van der Waals surface area contributed by atoms with Crippen LogP contribution in [0.15, 0.2) is 47.4 Å². The minimum Gasteiger partial charge on any atom is -0.379 e. The van der Waals surface area contributed by atoms with Crippen LogP contribution in [0.5, 0.6) is 0 Å². The van der Waals surface area contributed by atoms with Crippen molar-refractivity contribution in [3.63, 3.8) is 0 Å². The lowest BCUT2D eigenvalue weighted by molar-refractivity contribution is -0.384. The van der Waals surface area contributed by atoms with Crippen molar-refractivity contribution >= 4 is 29.7 Å². The largest absolute Gasteiger partial charge is 0.379 e. The third-order valence-electron chi connectivity index (χ3n) is 3.01. The minimum absolute atomic E-state index is 0.0208. The molecule has 0 aliphatic heterocycles. The number of thiol groups is 1. The van der Waals surface area contributed by atoms with E-state index in [2.05, 4.69) is 37.5 Å². The zero-order valence-corrected chi connectivity index (χ0v) is 14.8. The Kier molecular flexibility index (Phi) is 7.70. The molecule has 0 amide bonds. The number of aliphatic hydroxyl groups is 1. The zero-order chi connectivity index (χ0) is 18.3. The van der Waals surface area contributed by atoms with Crippen LogP contribution in [0.2, 0.25) is 0 Å². The van der Waals surface area contributed by atoms with Crippen LogP contribution in [-0.4, -0.2) is 16.3 Å². The van der Waals surface area contributed by atoms with E-state index in [0.29, 0.717) is 16.5 Å². The molecule has 6 nitrogen and oxygen atoms in total. The highest BCUT2D eigenvalue weighted by molar-refractivity contribution is 7.80. The topological polar surface area (TPSA) is 101 Å². The Labute approximate surface area is 147 Å². The molecule has 1 atom stereocenters. The van der Waals surface area contributed by atoms with Crippen LogP contribution in [0.25, 0.3) is 0 Å². The highest BCUT2D eigenvalue weighted by Crippen LogP contribution is 2.30. The monoisotopic (exact) mass is 349 g/mol. The number of anilines is 2. The van der Waals surface area contributed by atoms with Gasteiger partial charge in [-0.2, -0.15) is 0 Å². The molecule has 0 aliphatic rings. The summed E-state index contributed by atoms with van der Waals surface area (Å²) < 4.78 is 0. The lowest BCUT2D eigenvalue weighted by Gasteiger charge is -2.11. The normalized spacial score (nSPS) is 11.5. The highest BCUT2D eigenvalue weighted by Gasteiger charge is 2.14. The molecule has 2 aromatic carbocycles. The summed E-state index contributed by atoms with van der Waals surface area (Å²) in [6.07, 6.45) is -0.667. The molecule has 0 spiro atoms. The van der Waals surface area contributed by atoms with Crippen molar-refractivity contribution < 1.29 is 10.0 Å². The SMILES string of the molecule is CC(C)c1cccc(Nc2ccc(S)cc2[N+](=O)[O-])c1.CC(N)O. The van der Waals surface area contributed by atoms with E-state index in [4.69, 9.17) is 5.11 Å². The fourth-order valence-electron chi connectivity index (χ4n) is 1.91. The summed E-state index contributed by atoms with van der Waals surface area (Å²) in [6.45, 7) is 5.72. The molecule has 0 saturated carbocycles. The molecular formula is C17H23N3O3S. The van der Waals surface area contributed by atoms with Gasteiger partial charge in [-0.3, -0.25) is 10.1 Å². The molecule has 0 aromatic heterocycles. The molecule has 2 aromatic rings. The summed E-state index contributed by atoms with van der Waals surface area (Å²) in [4.78, 5) is 11.2. The summed E-state index contributed by atoms with van der Waals surface area (Å²) >= 11 is 4.13. The van der Waals surface area contributed by atoms with E-state index >= 15 is 0 Å². The molecule has 2 rings (SSSR count). The maximum absolute atomic E-state index is 11.1. The number of hydrogen-bond donors (Lipinski definition) is 4. The minimum atomic E-state index is -0.667. The molecule has 24 heavy (non-hydrogen) atoms. The number of nitro benzene ring substituents is 1. The van der Waals surface area contributed by atoms with Gasteiger partial charge in [0.05, 0.1) is 11.2 Å². The highest BCUT2D eigenvalue weighted by atomic mass is 32.1. The van der Waals surface area contributed by atoms with Crippen molar-refractivity contribution in [2.45, 2.75) is 37.8 Å². The quantitative estimate of drug-likeness (QED) is 0.289. The summed E-state index contributed by atoms with van der Waals surface area (Å²) in [7, 11) is 0. The first kappa shape index (κ1) is 20.0. The Bertz CT molecular complexity index is 688. The molecule has 0 radical (unpaired) electrons. The van der Waals surface area contributed by atoms with E-state index in [-0.39, 0.29) is 5.69 Å². The Balaban J connectivity index is 0.000000648. The van der Waals surface area contributed by atoms with Crippen molar-refractivity contribution in [1.82, 2.24) is 0 Å². The van der Waals surface area contributed by atoms with Gasteiger partial charge in [-0.15, -0.1) is 12.6 Å². The standard InChI is InChI=1S/C15H16N2O2S.C2H7NO/c1-10(2)11-4-3-5-12(8-11)16-14-7-6-13(20)9-15(14)17(18)19;1-2(3)4/h3-10,16,20H,1-2H3;2,4H,3H2,1H3. The number of hydrogen-bond acceptors (Lipinski definition) is 6. The number of nitrogens with zero attached hydrogens (tertiary/aromatic N) is 1. The molecule has 0 fully saturated rings. The molecule has 0 saturated heterocycles. The van der Waals surface area contributed by atoms with Gasteiger partial charge in [0.15, 0.2) is 0 Å². The van der Waals surface area contributed by atoms with Crippen LogP contribution < -0.4 is 11.1 Å². The van der Waals surface area contributed by atoms with Gasteiger partial charge < -0.3 is 16.2 Å². The maximum atomic E-state index is 11.1. The Morgan fingerprint density at radius 1 is 1.21 bits per heavy atom. The Morgan fingerprint density at radius 2 is 1.83 bits per heavy atom. The molecule has 7 heteroatoms. The van der Waals surface area contributed by atoms with Gasteiger partial charge >= 0.3 is 0 Å². The van der Waals surface area contributed by atoms with Gasteiger partial charge in [0.1, 0.15) is 5.69 Å². The average molecular weight is 349 g/mol. The number of nitro groups is 1. The first-order valence-corrected chi connectivity index (χ1v) is 7.93. The summed E-state index contributed by atoms with van der Waals surface area (Å²) in [5, 5.41) is 22.0. The van der Waals surface area contributed by atoms with Gasteiger partial charge in [0.25, 0.3) is 5.69 Å². The molecule has 1 unspecified atom stereocenters. The predicted molar refractivity (Wildman–Crippen MR) is 100 cm³/mol. The summed E-state index contributed by atoms with van der Waals surface area (Å²) in [6, 6.07) is 12.7. The summed E-state index contributed by atoms with van der Waals surface area (Å²) in [5.74, 6) is 0.409. The number of nitrogens with one attached hydrogen (secondary N) is 1. The second kappa shape index (κ2) is 9.27. The van der Waals surface area contributed by atoms with Crippen molar-refractivity contribution in [2.24, 2.45) is 5.73 Å². The fraction of sp³-hybridized carbons (Fsp3) is 0.294. The van der Waals surface area contributed by atoms with Gasteiger partial charge in [-0.05, 0) is 42.7 Å². The first-order valence-electron chi connectivity index (χ1n) is 7.48. The summed E-state index contributed by atoms with van der Waals surface area (Å²) in [5.41, 5.74) is 7.18. The van der Waals surface area contributed by atoms with Crippen molar-refractivity contribution in [1.29, 1.82) is 0 Å². The van der Waals surface area contributed by atoms with Crippen molar-refractivity contribution in [3.8, 4) is 0 Å². The van der Waals surface area contributed by atoms with Crippen LogP contribution in [0.3, 0.4) is 0 Å². The smallest absolute Gasteiger partial charge is 0.293 e. The third kappa shape index (κ3) is 6.57. The Hall–Kier alpha value is -2.09. The molecule has 0 aliphatic carbocycles. The molecule has 4 N–H and O–H groups in total. The van der Waals surface area contributed by atoms with Crippen molar-refractivity contribution in [2.75, 3.05) is 5.32 Å². The van der Waals surface area contributed by atoms with Crippen LogP contribution in [0.4, 0.5) is 17.1 Å². The van der Waals surface area contributed by atoms with Crippen LogP contribution in [-0.2, 0) is 0 Å². The number of nitrogens with two attached hydrogens (primary N) is 1. The average Bonchev–Trinajstić information content (AvgIpc) is 2.48. The van der Waals surface area contributed by atoms with E-state index in [1.54, 1.807) is 12.1 Å². The van der Waals surface area contributed by atoms with E-state index in [0.717, 1.165) is 5.69 Å². The Morgan fingerprint density at radius 3 is 2.38 bits per heavy atom. The van der Waals surface area contributed by atoms with Gasteiger partial charge in [0.2, 0.25) is 0 Å². The maximum Gasteiger partial charge on any atom is 0.293 e. The van der Waals surface area contributed by atoms with E-state index in [1.165, 1.54) is 18.6 Å². The van der Waals surface area contributed by atoms with E-state index in [9.17, 15) is 10.1 Å². The van der Waals surface area contributed by atoms with Gasteiger partial charge in [-0.1, -0.05) is 26.0 Å².